The Labute approximate surface area is 109 Å². The number of nitro groups is 1. The number of hydrogen-bond acceptors (Lipinski definition) is 3. The molecule has 0 bridgehead atoms. The van der Waals surface area contributed by atoms with Crippen LogP contribution in [0, 0.1) is 10.1 Å². The Morgan fingerprint density at radius 1 is 1.21 bits per heavy atom. The highest BCUT2D eigenvalue weighted by atomic mass is 16.6. The molecule has 0 aliphatic carbocycles. The molecule has 0 aliphatic rings. The molecule has 6 heteroatoms. The van der Waals surface area contributed by atoms with Crippen LogP contribution in [-0.2, 0) is 13.1 Å². The van der Waals surface area contributed by atoms with Gasteiger partial charge in [-0.25, -0.2) is 4.98 Å². The van der Waals surface area contributed by atoms with Crippen LogP contribution in [0.25, 0.3) is 10.9 Å². The maximum absolute atomic E-state index is 11.1. The van der Waals surface area contributed by atoms with Gasteiger partial charge >= 0.3 is 0 Å². The number of nitrogens with zero attached hydrogens (tertiary/aromatic N) is 4. The van der Waals surface area contributed by atoms with Gasteiger partial charge < -0.3 is 9.13 Å². The van der Waals surface area contributed by atoms with E-state index in [0.717, 1.165) is 11.9 Å². The van der Waals surface area contributed by atoms with Gasteiger partial charge in [0, 0.05) is 43.1 Å². The van der Waals surface area contributed by atoms with E-state index in [4.69, 9.17) is 0 Å². The second-order valence-corrected chi connectivity index (χ2v) is 4.28. The fourth-order valence-corrected chi connectivity index (χ4v) is 2.22. The monoisotopic (exact) mass is 256 g/mol. The molecule has 0 saturated carbocycles. The van der Waals surface area contributed by atoms with E-state index in [1.807, 2.05) is 33.7 Å². The summed E-state index contributed by atoms with van der Waals surface area (Å²) in [7, 11) is 0. The highest BCUT2D eigenvalue weighted by Gasteiger charge is 2.14. The Morgan fingerprint density at radius 2 is 2.11 bits per heavy atom. The predicted octanol–water partition coefficient (Wildman–Crippen LogP) is 2.45. The number of non-ortho nitro benzene ring substituents is 1. The van der Waals surface area contributed by atoms with Crippen LogP contribution in [0.4, 0.5) is 5.69 Å². The average molecular weight is 256 g/mol. The first kappa shape index (κ1) is 11.5. The number of rotatable bonds is 4. The second-order valence-electron chi connectivity index (χ2n) is 4.28. The van der Waals surface area contributed by atoms with Gasteiger partial charge in [0.15, 0.2) is 0 Å². The molecular weight excluding hydrogens is 244 g/mol. The van der Waals surface area contributed by atoms with E-state index < -0.39 is 0 Å². The minimum absolute atomic E-state index is 0.146. The van der Waals surface area contributed by atoms with E-state index in [-0.39, 0.29) is 10.6 Å². The first-order valence-corrected chi connectivity index (χ1v) is 5.94. The molecule has 96 valence electrons. The van der Waals surface area contributed by atoms with Crippen molar-refractivity contribution >= 4 is 16.6 Å². The lowest BCUT2D eigenvalue weighted by Crippen LogP contribution is -2.05. The van der Waals surface area contributed by atoms with E-state index in [1.54, 1.807) is 18.6 Å². The number of fused-ring (bicyclic) bond motifs is 1. The number of aryl methyl sites for hydroxylation is 2. The third-order valence-corrected chi connectivity index (χ3v) is 3.12. The summed E-state index contributed by atoms with van der Waals surface area (Å²) in [6.45, 7) is 1.40. The summed E-state index contributed by atoms with van der Waals surface area (Å²) >= 11 is 0. The molecule has 6 nitrogen and oxygen atoms in total. The van der Waals surface area contributed by atoms with Crippen LogP contribution in [0.5, 0.6) is 0 Å². The Hall–Kier alpha value is -2.63. The van der Waals surface area contributed by atoms with Gasteiger partial charge in [-0.1, -0.05) is 12.1 Å². The van der Waals surface area contributed by atoms with Gasteiger partial charge in [0.1, 0.15) is 5.52 Å². The largest absolute Gasteiger partial charge is 0.340 e. The van der Waals surface area contributed by atoms with E-state index in [0.29, 0.717) is 12.1 Å². The Balaban J connectivity index is 1.97. The molecule has 2 heterocycles. The number of aromatic nitrogens is 3. The highest BCUT2D eigenvalue weighted by molar-refractivity contribution is 5.88. The SMILES string of the molecule is O=[N+]([O-])c1cccc2ccn(CCn3ccnc3)c12. The van der Waals surface area contributed by atoms with E-state index in [2.05, 4.69) is 4.98 Å². The normalized spacial score (nSPS) is 10.9. The molecule has 0 aliphatic heterocycles. The lowest BCUT2D eigenvalue weighted by molar-refractivity contribution is -0.383. The quantitative estimate of drug-likeness (QED) is 0.532. The summed E-state index contributed by atoms with van der Waals surface area (Å²) in [6.07, 6.45) is 7.21. The lowest BCUT2D eigenvalue weighted by Gasteiger charge is -2.06. The number of imidazole rings is 1. The standard InChI is InChI=1S/C13H12N4O2/c18-17(19)12-3-1-2-11-4-6-16(13(11)12)9-8-15-7-5-14-10-15/h1-7,10H,8-9H2. The smallest absolute Gasteiger partial charge is 0.293 e. The number of nitro benzene ring substituents is 1. The van der Waals surface area contributed by atoms with E-state index in [9.17, 15) is 10.1 Å². The van der Waals surface area contributed by atoms with E-state index >= 15 is 0 Å². The first-order valence-electron chi connectivity index (χ1n) is 5.94. The van der Waals surface area contributed by atoms with Gasteiger partial charge in [0.2, 0.25) is 0 Å². The molecule has 0 N–H and O–H groups in total. The van der Waals surface area contributed by atoms with Gasteiger partial charge in [0.25, 0.3) is 5.69 Å². The molecular formula is C13H12N4O2. The summed E-state index contributed by atoms with van der Waals surface area (Å²) in [5, 5.41) is 12.0. The third-order valence-electron chi connectivity index (χ3n) is 3.12. The van der Waals surface area contributed by atoms with Crippen molar-refractivity contribution in [2.45, 2.75) is 13.1 Å². The molecule has 0 radical (unpaired) electrons. The van der Waals surface area contributed by atoms with Crippen LogP contribution >= 0.6 is 0 Å². The molecule has 0 spiro atoms. The molecule has 3 rings (SSSR count). The summed E-state index contributed by atoms with van der Waals surface area (Å²) in [5.41, 5.74) is 0.820. The first-order chi connectivity index (χ1) is 9.25. The Kier molecular flexibility index (Phi) is 2.75. The minimum atomic E-state index is -0.337. The molecule has 0 fully saturated rings. The molecule has 0 atom stereocenters. The maximum Gasteiger partial charge on any atom is 0.293 e. The topological polar surface area (TPSA) is 65.9 Å². The molecule has 2 aromatic heterocycles. The van der Waals surface area contributed by atoms with Gasteiger partial charge in [-0.05, 0) is 6.07 Å². The number of benzene rings is 1. The summed E-state index contributed by atoms with van der Waals surface area (Å²) < 4.78 is 3.86. The van der Waals surface area contributed by atoms with Crippen molar-refractivity contribution in [1.29, 1.82) is 0 Å². The summed E-state index contributed by atoms with van der Waals surface area (Å²) in [5.74, 6) is 0. The van der Waals surface area contributed by atoms with Crippen LogP contribution in [0.2, 0.25) is 0 Å². The van der Waals surface area contributed by atoms with Crippen LogP contribution in [0.15, 0.2) is 49.2 Å². The summed E-state index contributed by atoms with van der Waals surface area (Å²) in [4.78, 5) is 14.7. The minimum Gasteiger partial charge on any atom is -0.340 e. The zero-order chi connectivity index (χ0) is 13.2. The maximum atomic E-state index is 11.1. The molecule has 3 aromatic rings. The number of hydrogen-bond donors (Lipinski definition) is 0. The molecule has 19 heavy (non-hydrogen) atoms. The second kappa shape index (κ2) is 4.56. The summed E-state index contributed by atoms with van der Waals surface area (Å²) in [6, 6.07) is 7.03. The predicted molar refractivity (Wildman–Crippen MR) is 70.8 cm³/mol. The van der Waals surface area contributed by atoms with Gasteiger partial charge in [-0.3, -0.25) is 10.1 Å². The Morgan fingerprint density at radius 3 is 2.84 bits per heavy atom. The molecule has 0 saturated heterocycles. The van der Waals surface area contributed by atoms with Gasteiger partial charge in [0.05, 0.1) is 11.3 Å². The van der Waals surface area contributed by atoms with Crippen LogP contribution in [0.3, 0.4) is 0 Å². The fourth-order valence-electron chi connectivity index (χ4n) is 2.22. The zero-order valence-corrected chi connectivity index (χ0v) is 10.1. The molecule has 0 amide bonds. The Bertz CT molecular complexity index is 715. The van der Waals surface area contributed by atoms with Gasteiger partial charge in [-0.2, -0.15) is 0 Å². The zero-order valence-electron chi connectivity index (χ0n) is 10.1. The van der Waals surface area contributed by atoms with Crippen molar-refractivity contribution in [2.24, 2.45) is 0 Å². The molecule has 0 unspecified atom stereocenters. The molecule has 1 aromatic carbocycles. The van der Waals surface area contributed by atoms with Crippen molar-refractivity contribution in [3.05, 3.63) is 59.3 Å². The van der Waals surface area contributed by atoms with Crippen LogP contribution < -0.4 is 0 Å². The number of para-hydroxylation sites is 1. The average Bonchev–Trinajstić information content (AvgIpc) is 3.05. The van der Waals surface area contributed by atoms with Crippen molar-refractivity contribution < 1.29 is 4.92 Å². The fraction of sp³-hybridized carbons (Fsp3) is 0.154. The highest BCUT2D eigenvalue weighted by Crippen LogP contribution is 2.26. The van der Waals surface area contributed by atoms with E-state index in [1.165, 1.54) is 6.07 Å². The van der Waals surface area contributed by atoms with Crippen molar-refractivity contribution in [2.75, 3.05) is 0 Å². The van der Waals surface area contributed by atoms with Crippen molar-refractivity contribution in [3.8, 4) is 0 Å². The third kappa shape index (κ3) is 2.08. The van der Waals surface area contributed by atoms with Crippen molar-refractivity contribution in [3.63, 3.8) is 0 Å². The van der Waals surface area contributed by atoms with Crippen LogP contribution in [-0.4, -0.2) is 19.0 Å². The lowest BCUT2D eigenvalue weighted by atomic mass is 10.2. The van der Waals surface area contributed by atoms with Crippen molar-refractivity contribution in [1.82, 2.24) is 14.1 Å². The van der Waals surface area contributed by atoms with Gasteiger partial charge in [-0.15, -0.1) is 0 Å². The van der Waals surface area contributed by atoms with Crippen LogP contribution in [0.1, 0.15) is 0 Å².